The van der Waals surface area contributed by atoms with Crippen LogP contribution >= 0.6 is 22.9 Å². The van der Waals surface area contributed by atoms with E-state index in [0.29, 0.717) is 22.2 Å². The first-order chi connectivity index (χ1) is 13.0. The zero-order chi connectivity index (χ0) is 19.0. The molecule has 4 rings (SSSR count). The van der Waals surface area contributed by atoms with Crippen molar-refractivity contribution in [2.24, 2.45) is 0 Å². The summed E-state index contributed by atoms with van der Waals surface area (Å²) >= 11 is 7.46. The van der Waals surface area contributed by atoms with E-state index in [-0.39, 0.29) is 5.91 Å². The van der Waals surface area contributed by atoms with Crippen LogP contribution in [0.15, 0.2) is 54.0 Å². The summed E-state index contributed by atoms with van der Waals surface area (Å²) in [6.07, 6.45) is 1.88. The number of fused-ring (bicyclic) bond motifs is 1. The number of thiazole rings is 1. The molecule has 27 heavy (non-hydrogen) atoms. The Morgan fingerprint density at radius 3 is 2.74 bits per heavy atom. The second-order valence-electron chi connectivity index (χ2n) is 6.06. The smallest absolute Gasteiger partial charge is 0.273 e. The van der Waals surface area contributed by atoms with Crippen molar-refractivity contribution < 1.29 is 9.53 Å². The minimum atomic E-state index is -0.255. The van der Waals surface area contributed by atoms with Crippen molar-refractivity contribution in [3.8, 4) is 17.0 Å². The minimum Gasteiger partial charge on any atom is -0.495 e. The monoisotopic (exact) mass is 397 g/mol. The lowest BCUT2D eigenvalue weighted by molar-refractivity contribution is 0.102. The van der Waals surface area contributed by atoms with Crippen LogP contribution < -0.4 is 10.1 Å². The number of nitrogens with zero attached hydrogens (tertiary/aromatic N) is 2. The van der Waals surface area contributed by atoms with Gasteiger partial charge in [0.15, 0.2) is 4.96 Å². The number of carbonyl (C=O) groups excluding carboxylic acids is 1. The number of methoxy groups -OCH3 is 1. The first-order valence-corrected chi connectivity index (χ1v) is 9.49. The number of imidazole rings is 1. The Balaban J connectivity index is 1.67. The molecule has 4 aromatic rings. The molecule has 0 radical (unpaired) electrons. The Labute approximate surface area is 165 Å². The van der Waals surface area contributed by atoms with Gasteiger partial charge in [0.2, 0.25) is 0 Å². The van der Waals surface area contributed by atoms with E-state index >= 15 is 0 Å². The Morgan fingerprint density at radius 1 is 1.22 bits per heavy atom. The lowest BCUT2D eigenvalue weighted by Crippen LogP contribution is -2.14. The molecule has 0 aliphatic carbocycles. The van der Waals surface area contributed by atoms with Gasteiger partial charge in [0.05, 0.1) is 18.5 Å². The normalized spacial score (nSPS) is 10.9. The molecule has 1 amide bonds. The number of carbonyl (C=O) groups is 1. The molecule has 2 heterocycles. The topological polar surface area (TPSA) is 55.6 Å². The van der Waals surface area contributed by atoms with Crippen molar-refractivity contribution in [3.05, 3.63) is 70.3 Å². The third kappa shape index (κ3) is 3.41. The van der Waals surface area contributed by atoms with Crippen LogP contribution in [0, 0.1) is 6.92 Å². The first-order valence-electron chi connectivity index (χ1n) is 8.23. The van der Waals surface area contributed by atoms with E-state index < -0.39 is 0 Å². The summed E-state index contributed by atoms with van der Waals surface area (Å²) in [5.41, 5.74) is 4.06. The molecule has 136 valence electrons. The van der Waals surface area contributed by atoms with Gasteiger partial charge in [-0.25, -0.2) is 4.98 Å². The number of ether oxygens (including phenoxy) is 1. The highest BCUT2D eigenvalue weighted by Crippen LogP contribution is 2.29. The Bertz CT molecular complexity index is 1130. The standard InChI is InChI=1S/C20H16ClN3O2S/c1-12-3-5-13(6-4-12)16-10-24-17(11-27-20(24)23-16)19(25)22-15-9-14(21)7-8-18(15)26-2/h3-11H,1-2H3,(H,22,25). The molecule has 0 spiro atoms. The van der Waals surface area contributed by atoms with E-state index in [0.717, 1.165) is 16.2 Å². The predicted molar refractivity (Wildman–Crippen MR) is 109 cm³/mol. The lowest BCUT2D eigenvalue weighted by atomic mass is 10.1. The molecule has 0 fully saturated rings. The van der Waals surface area contributed by atoms with Crippen molar-refractivity contribution in [1.29, 1.82) is 0 Å². The van der Waals surface area contributed by atoms with Crippen LogP contribution in [-0.4, -0.2) is 22.4 Å². The molecular formula is C20H16ClN3O2S. The molecule has 0 unspecified atom stereocenters. The third-order valence-electron chi connectivity index (χ3n) is 4.20. The van der Waals surface area contributed by atoms with E-state index in [4.69, 9.17) is 16.3 Å². The second-order valence-corrected chi connectivity index (χ2v) is 7.34. The molecule has 0 bridgehead atoms. The Hall–Kier alpha value is -2.83. The summed E-state index contributed by atoms with van der Waals surface area (Å²) in [5, 5.41) is 5.17. The van der Waals surface area contributed by atoms with Crippen LogP contribution in [0.5, 0.6) is 5.75 Å². The summed E-state index contributed by atoms with van der Waals surface area (Å²) < 4.78 is 7.09. The van der Waals surface area contributed by atoms with E-state index in [1.807, 2.05) is 37.4 Å². The highest BCUT2D eigenvalue weighted by Gasteiger charge is 2.17. The van der Waals surface area contributed by atoms with Crippen LogP contribution in [0.4, 0.5) is 5.69 Å². The number of benzene rings is 2. The third-order valence-corrected chi connectivity index (χ3v) is 5.27. The van der Waals surface area contributed by atoms with Crippen molar-refractivity contribution in [3.63, 3.8) is 0 Å². The number of halogens is 1. The number of anilines is 1. The van der Waals surface area contributed by atoms with Crippen molar-refractivity contribution >= 4 is 39.5 Å². The predicted octanol–water partition coefficient (Wildman–Crippen LogP) is 5.29. The maximum absolute atomic E-state index is 12.8. The molecule has 0 saturated carbocycles. The number of aromatic nitrogens is 2. The fourth-order valence-corrected chi connectivity index (χ4v) is 3.80. The maximum atomic E-state index is 12.8. The maximum Gasteiger partial charge on any atom is 0.273 e. The van der Waals surface area contributed by atoms with Gasteiger partial charge in [0.25, 0.3) is 5.91 Å². The fraction of sp³-hybridized carbons (Fsp3) is 0.100. The van der Waals surface area contributed by atoms with Gasteiger partial charge in [-0.05, 0) is 25.1 Å². The van der Waals surface area contributed by atoms with Crippen LogP contribution in [0.3, 0.4) is 0 Å². The second kappa shape index (κ2) is 7.06. The van der Waals surface area contributed by atoms with Gasteiger partial charge in [-0.1, -0.05) is 41.4 Å². The van der Waals surface area contributed by atoms with E-state index in [1.165, 1.54) is 16.9 Å². The number of hydrogen-bond donors (Lipinski definition) is 1. The van der Waals surface area contributed by atoms with Crippen molar-refractivity contribution in [2.45, 2.75) is 6.92 Å². The summed E-state index contributed by atoms with van der Waals surface area (Å²) in [5.74, 6) is 0.292. The molecule has 0 aliphatic rings. The molecule has 5 nitrogen and oxygen atoms in total. The average Bonchev–Trinajstić information content (AvgIpc) is 3.23. The van der Waals surface area contributed by atoms with Crippen LogP contribution in [0.1, 0.15) is 16.1 Å². The summed E-state index contributed by atoms with van der Waals surface area (Å²) in [6, 6.07) is 13.2. The Kier molecular flexibility index (Phi) is 4.59. The van der Waals surface area contributed by atoms with Crippen molar-refractivity contribution in [1.82, 2.24) is 9.38 Å². The summed E-state index contributed by atoms with van der Waals surface area (Å²) in [4.78, 5) is 18.2. The largest absolute Gasteiger partial charge is 0.495 e. The van der Waals surface area contributed by atoms with Gasteiger partial charge in [-0.2, -0.15) is 0 Å². The van der Waals surface area contributed by atoms with Gasteiger partial charge in [0.1, 0.15) is 11.4 Å². The molecule has 7 heteroatoms. The fourth-order valence-electron chi connectivity index (χ4n) is 2.77. The van der Waals surface area contributed by atoms with E-state index in [1.54, 1.807) is 35.1 Å². The van der Waals surface area contributed by atoms with Gasteiger partial charge < -0.3 is 10.1 Å². The van der Waals surface area contributed by atoms with E-state index in [2.05, 4.69) is 10.3 Å². The minimum absolute atomic E-state index is 0.255. The highest BCUT2D eigenvalue weighted by molar-refractivity contribution is 7.15. The number of rotatable bonds is 4. The Morgan fingerprint density at radius 2 is 2.00 bits per heavy atom. The number of hydrogen-bond acceptors (Lipinski definition) is 4. The number of amides is 1. The number of nitrogens with one attached hydrogen (secondary N) is 1. The molecule has 2 aromatic heterocycles. The summed E-state index contributed by atoms with van der Waals surface area (Å²) in [6.45, 7) is 2.04. The van der Waals surface area contributed by atoms with Crippen LogP contribution in [0.25, 0.3) is 16.2 Å². The average molecular weight is 398 g/mol. The SMILES string of the molecule is COc1ccc(Cl)cc1NC(=O)c1csc2nc(-c3ccc(C)cc3)cn12. The van der Waals surface area contributed by atoms with Crippen LogP contribution in [-0.2, 0) is 0 Å². The molecular weight excluding hydrogens is 382 g/mol. The molecule has 0 aliphatic heterocycles. The zero-order valence-corrected chi connectivity index (χ0v) is 16.3. The van der Waals surface area contributed by atoms with Gasteiger partial charge in [-0.3, -0.25) is 9.20 Å². The molecule has 0 saturated heterocycles. The highest BCUT2D eigenvalue weighted by atomic mass is 35.5. The quantitative estimate of drug-likeness (QED) is 0.509. The lowest BCUT2D eigenvalue weighted by Gasteiger charge is -2.10. The van der Waals surface area contributed by atoms with E-state index in [9.17, 15) is 4.79 Å². The van der Waals surface area contributed by atoms with Gasteiger partial charge >= 0.3 is 0 Å². The molecule has 2 aromatic carbocycles. The van der Waals surface area contributed by atoms with Gasteiger partial charge in [0, 0.05) is 22.2 Å². The first kappa shape index (κ1) is 17.6. The zero-order valence-electron chi connectivity index (χ0n) is 14.7. The van der Waals surface area contributed by atoms with Crippen LogP contribution in [0.2, 0.25) is 5.02 Å². The van der Waals surface area contributed by atoms with Crippen molar-refractivity contribution in [2.75, 3.05) is 12.4 Å². The molecule has 0 atom stereocenters. The van der Waals surface area contributed by atoms with Gasteiger partial charge in [-0.15, -0.1) is 11.3 Å². The number of aryl methyl sites for hydroxylation is 1. The summed E-state index contributed by atoms with van der Waals surface area (Å²) in [7, 11) is 1.55. The molecule has 1 N–H and O–H groups in total.